The maximum Gasteiger partial charge on any atom is 0.269 e. The summed E-state index contributed by atoms with van der Waals surface area (Å²) in [5.41, 5.74) is 0.959. The van der Waals surface area contributed by atoms with Crippen LogP contribution in [0.3, 0.4) is 0 Å². The highest BCUT2D eigenvalue weighted by molar-refractivity contribution is 14.1. The van der Waals surface area contributed by atoms with Crippen molar-refractivity contribution in [3.05, 3.63) is 57.2 Å². The molecule has 0 bridgehead atoms. The maximum atomic E-state index is 12.6. The van der Waals surface area contributed by atoms with E-state index in [1.54, 1.807) is 12.1 Å². The summed E-state index contributed by atoms with van der Waals surface area (Å²) in [5, 5.41) is 2.74. The molecule has 1 N–H and O–H groups in total. The number of rotatable bonds is 3. The summed E-state index contributed by atoms with van der Waals surface area (Å²) < 4.78 is 27.2. The largest absolute Gasteiger partial charge is 0.322 e. The zero-order chi connectivity index (χ0) is 17.8. The van der Waals surface area contributed by atoms with Crippen LogP contribution in [-0.2, 0) is 10.0 Å². The lowest BCUT2D eigenvalue weighted by Gasteiger charge is -2.13. The number of anilines is 1. The summed E-state index contributed by atoms with van der Waals surface area (Å²) in [4.78, 5) is 24.7. The molecule has 2 amide bonds. The minimum absolute atomic E-state index is 0.0836. The topological polar surface area (TPSA) is 83.6 Å². The third kappa shape index (κ3) is 2.82. The lowest BCUT2D eigenvalue weighted by molar-refractivity contribution is 0.0864. The second kappa shape index (κ2) is 5.80. The minimum Gasteiger partial charge on any atom is -0.322 e. The Hall–Kier alpha value is -1.94. The number of amides is 2. The molecule has 0 radical (unpaired) electrons. The molecule has 0 spiro atoms. The Bertz CT molecular complexity index is 1020. The number of hydrogen-bond acceptors (Lipinski definition) is 4. The number of nitrogens with zero attached hydrogens (tertiary/aromatic N) is 1. The van der Waals surface area contributed by atoms with E-state index in [4.69, 9.17) is 0 Å². The second-order valence-corrected chi connectivity index (χ2v) is 9.04. The van der Waals surface area contributed by atoms with Crippen molar-refractivity contribution in [3.63, 3.8) is 0 Å². The van der Waals surface area contributed by atoms with Crippen molar-refractivity contribution in [2.45, 2.75) is 23.8 Å². The van der Waals surface area contributed by atoms with Crippen molar-refractivity contribution in [2.75, 3.05) is 5.32 Å². The second-order valence-electron chi connectivity index (χ2n) is 6.01. The molecular weight excluding hydrogens is 455 g/mol. The molecule has 128 valence electrons. The number of carbonyl (C=O) groups is 2. The summed E-state index contributed by atoms with van der Waals surface area (Å²) in [6, 6.07) is 11.2. The SMILES string of the molecule is O=C(Nc1cccc(I)c1)c1ccc2c(c1)S(=O)(=O)N(C1CC1)C2=O. The van der Waals surface area contributed by atoms with Gasteiger partial charge in [-0.05, 0) is 71.8 Å². The highest BCUT2D eigenvalue weighted by Crippen LogP contribution is 2.39. The van der Waals surface area contributed by atoms with Crippen molar-refractivity contribution in [2.24, 2.45) is 0 Å². The third-order valence-electron chi connectivity index (χ3n) is 4.17. The molecule has 1 saturated carbocycles. The predicted octanol–water partition coefficient (Wildman–Crippen LogP) is 2.85. The molecule has 0 atom stereocenters. The van der Waals surface area contributed by atoms with Crippen molar-refractivity contribution >= 4 is 50.1 Å². The van der Waals surface area contributed by atoms with E-state index in [1.165, 1.54) is 18.2 Å². The number of benzene rings is 2. The van der Waals surface area contributed by atoms with Gasteiger partial charge in [-0.3, -0.25) is 9.59 Å². The van der Waals surface area contributed by atoms with Gasteiger partial charge in [-0.2, -0.15) is 0 Å². The maximum absolute atomic E-state index is 12.6. The van der Waals surface area contributed by atoms with Crippen molar-refractivity contribution < 1.29 is 18.0 Å². The van der Waals surface area contributed by atoms with Gasteiger partial charge >= 0.3 is 0 Å². The van der Waals surface area contributed by atoms with Crippen LogP contribution in [0.5, 0.6) is 0 Å². The zero-order valence-corrected chi connectivity index (χ0v) is 15.9. The highest BCUT2D eigenvalue weighted by Gasteiger charge is 2.48. The van der Waals surface area contributed by atoms with Crippen LogP contribution in [0.1, 0.15) is 33.6 Å². The monoisotopic (exact) mass is 468 g/mol. The fraction of sp³-hybridized carbons (Fsp3) is 0.176. The fourth-order valence-corrected chi connectivity index (χ4v) is 5.21. The number of nitrogens with one attached hydrogen (secondary N) is 1. The Morgan fingerprint density at radius 3 is 2.60 bits per heavy atom. The molecule has 4 rings (SSSR count). The number of fused-ring (bicyclic) bond motifs is 1. The molecule has 1 heterocycles. The Kier molecular flexibility index (Phi) is 3.84. The molecule has 1 fully saturated rings. The van der Waals surface area contributed by atoms with E-state index in [0.29, 0.717) is 18.5 Å². The summed E-state index contributed by atoms with van der Waals surface area (Å²) in [7, 11) is -3.87. The molecule has 2 aliphatic rings. The van der Waals surface area contributed by atoms with Crippen LogP contribution in [0.25, 0.3) is 0 Å². The van der Waals surface area contributed by atoms with Crippen molar-refractivity contribution in [3.8, 4) is 0 Å². The summed E-state index contributed by atoms with van der Waals surface area (Å²) >= 11 is 2.14. The van der Waals surface area contributed by atoms with Crippen LogP contribution in [0.4, 0.5) is 5.69 Å². The van der Waals surface area contributed by atoms with Gasteiger partial charge < -0.3 is 5.32 Å². The predicted molar refractivity (Wildman–Crippen MR) is 99.9 cm³/mol. The first-order chi connectivity index (χ1) is 11.9. The van der Waals surface area contributed by atoms with Gasteiger partial charge in [0.2, 0.25) is 0 Å². The van der Waals surface area contributed by atoms with Crippen molar-refractivity contribution in [1.82, 2.24) is 4.31 Å². The van der Waals surface area contributed by atoms with E-state index in [0.717, 1.165) is 7.88 Å². The molecule has 2 aromatic carbocycles. The highest BCUT2D eigenvalue weighted by atomic mass is 127. The first-order valence-electron chi connectivity index (χ1n) is 7.67. The van der Waals surface area contributed by atoms with E-state index in [2.05, 4.69) is 27.9 Å². The van der Waals surface area contributed by atoms with Crippen LogP contribution in [-0.4, -0.2) is 30.6 Å². The lowest BCUT2D eigenvalue weighted by atomic mass is 10.1. The van der Waals surface area contributed by atoms with E-state index in [9.17, 15) is 18.0 Å². The average molecular weight is 468 g/mol. The van der Waals surface area contributed by atoms with Gasteiger partial charge in [0, 0.05) is 20.9 Å². The molecule has 1 aliphatic carbocycles. The summed E-state index contributed by atoms with van der Waals surface area (Å²) in [6.45, 7) is 0. The van der Waals surface area contributed by atoms with Crippen molar-refractivity contribution in [1.29, 1.82) is 0 Å². The van der Waals surface area contributed by atoms with Gasteiger partial charge in [0.25, 0.3) is 21.8 Å². The molecule has 6 nitrogen and oxygen atoms in total. The number of sulfonamides is 1. The molecule has 2 aromatic rings. The van der Waals surface area contributed by atoms with Crippen LogP contribution in [0.2, 0.25) is 0 Å². The normalized spacial score (nSPS) is 18.1. The van der Waals surface area contributed by atoms with E-state index in [1.807, 2.05) is 12.1 Å². The first-order valence-corrected chi connectivity index (χ1v) is 10.2. The molecule has 25 heavy (non-hydrogen) atoms. The van der Waals surface area contributed by atoms with Crippen LogP contribution in [0, 0.1) is 3.57 Å². The summed E-state index contributed by atoms with van der Waals surface area (Å²) in [6.07, 6.45) is 1.39. The zero-order valence-electron chi connectivity index (χ0n) is 12.9. The quantitative estimate of drug-likeness (QED) is 0.703. The van der Waals surface area contributed by atoms with Crippen LogP contribution in [0.15, 0.2) is 47.4 Å². The molecule has 0 saturated heterocycles. The molecular formula is C17H13IN2O4S. The first kappa shape index (κ1) is 16.5. The Labute approximate surface area is 158 Å². The standard InChI is InChI=1S/C17H13IN2O4S/c18-11-2-1-3-12(9-11)19-16(21)10-4-7-14-15(8-10)25(23,24)20(17(14)22)13-5-6-13/h1-4,7-9,13H,5-6H2,(H,19,21). The van der Waals surface area contributed by atoms with Gasteiger partial charge in [-0.1, -0.05) is 6.07 Å². The third-order valence-corrected chi connectivity index (χ3v) is 6.72. The summed E-state index contributed by atoms with van der Waals surface area (Å²) in [5.74, 6) is -0.917. The van der Waals surface area contributed by atoms with E-state index in [-0.39, 0.29) is 22.1 Å². The lowest BCUT2D eigenvalue weighted by Crippen LogP contribution is -2.31. The Morgan fingerprint density at radius 2 is 1.92 bits per heavy atom. The number of halogens is 1. The Balaban J connectivity index is 1.67. The van der Waals surface area contributed by atoms with Gasteiger partial charge in [0.15, 0.2) is 0 Å². The fourth-order valence-electron chi connectivity index (χ4n) is 2.83. The van der Waals surface area contributed by atoms with Gasteiger partial charge in [-0.15, -0.1) is 0 Å². The molecule has 1 aliphatic heterocycles. The van der Waals surface area contributed by atoms with Gasteiger partial charge in [-0.25, -0.2) is 12.7 Å². The molecule has 8 heteroatoms. The Morgan fingerprint density at radius 1 is 1.16 bits per heavy atom. The molecule has 0 aromatic heterocycles. The number of hydrogen-bond donors (Lipinski definition) is 1. The average Bonchev–Trinajstić information content (AvgIpc) is 3.36. The van der Waals surface area contributed by atoms with E-state index >= 15 is 0 Å². The smallest absolute Gasteiger partial charge is 0.269 e. The minimum atomic E-state index is -3.87. The van der Waals surface area contributed by atoms with Gasteiger partial charge in [0.05, 0.1) is 5.56 Å². The van der Waals surface area contributed by atoms with Gasteiger partial charge in [0.1, 0.15) is 4.90 Å². The molecule has 0 unspecified atom stereocenters. The van der Waals surface area contributed by atoms with Crippen LogP contribution < -0.4 is 5.32 Å². The van der Waals surface area contributed by atoms with E-state index < -0.39 is 21.8 Å². The number of carbonyl (C=O) groups excluding carboxylic acids is 2. The van der Waals surface area contributed by atoms with Crippen LogP contribution >= 0.6 is 22.6 Å².